The molecule has 0 aromatic carbocycles. The summed E-state index contributed by atoms with van der Waals surface area (Å²) in [5.41, 5.74) is 5.70. The summed E-state index contributed by atoms with van der Waals surface area (Å²) in [7, 11) is 0. The summed E-state index contributed by atoms with van der Waals surface area (Å²) < 4.78 is 11.2. The average molecular weight is 302 g/mol. The van der Waals surface area contributed by atoms with Crippen molar-refractivity contribution < 1.29 is 9.47 Å². The van der Waals surface area contributed by atoms with Gasteiger partial charge in [-0.15, -0.1) is 0 Å². The number of hydrogen-bond acceptors (Lipinski definition) is 3. The molecule has 0 saturated carbocycles. The van der Waals surface area contributed by atoms with Gasteiger partial charge in [0, 0.05) is 6.61 Å². The van der Waals surface area contributed by atoms with E-state index in [9.17, 15) is 0 Å². The SMILES string of the molecule is CCCCCCCCCCCCOC(C)COC(N)CC. The van der Waals surface area contributed by atoms with Crippen LogP contribution in [0.5, 0.6) is 0 Å². The summed E-state index contributed by atoms with van der Waals surface area (Å²) in [6, 6.07) is 0. The highest BCUT2D eigenvalue weighted by Crippen LogP contribution is 2.10. The highest BCUT2D eigenvalue weighted by Gasteiger charge is 2.05. The molecule has 3 heteroatoms. The van der Waals surface area contributed by atoms with Crippen molar-refractivity contribution in [2.24, 2.45) is 5.73 Å². The second kappa shape index (κ2) is 16.3. The number of rotatable bonds is 16. The van der Waals surface area contributed by atoms with Crippen LogP contribution in [-0.2, 0) is 9.47 Å². The van der Waals surface area contributed by atoms with Gasteiger partial charge in [0.05, 0.1) is 12.7 Å². The Hall–Kier alpha value is -0.120. The van der Waals surface area contributed by atoms with E-state index in [1.807, 2.05) is 6.92 Å². The maximum absolute atomic E-state index is 5.73. The van der Waals surface area contributed by atoms with Crippen LogP contribution < -0.4 is 5.73 Å². The van der Waals surface area contributed by atoms with Crippen molar-refractivity contribution in [1.82, 2.24) is 0 Å². The molecule has 0 aromatic heterocycles. The predicted molar refractivity (Wildman–Crippen MR) is 91.5 cm³/mol. The lowest BCUT2D eigenvalue weighted by Gasteiger charge is -2.16. The Labute approximate surface area is 133 Å². The molecule has 0 amide bonds. The van der Waals surface area contributed by atoms with Crippen molar-refractivity contribution >= 4 is 0 Å². The summed E-state index contributed by atoms with van der Waals surface area (Å²) in [6.45, 7) is 7.81. The molecule has 21 heavy (non-hydrogen) atoms. The largest absolute Gasteiger partial charge is 0.376 e. The summed E-state index contributed by atoms with van der Waals surface area (Å²) in [6.07, 6.45) is 14.5. The van der Waals surface area contributed by atoms with E-state index < -0.39 is 0 Å². The standard InChI is InChI=1S/C18H39NO2/c1-4-6-7-8-9-10-11-12-13-14-15-20-17(3)16-21-18(19)5-2/h17-18H,4-16,19H2,1-3H3. The summed E-state index contributed by atoms with van der Waals surface area (Å²) in [5.74, 6) is 0. The average Bonchev–Trinajstić information content (AvgIpc) is 2.50. The van der Waals surface area contributed by atoms with Gasteiger partial charge in [-0.05, 0) is 19.8 Å². The molecule has 0 radical (unpaired) electrons. The lowest BCUT2D eigenvalue weighted by molar-refractivity contribution is -0.0364. The van der Waals surface area contributed by atoms with E-state index in [-0.39, 0.29) is 12.3 Å². The van der Waals surface area contributed by atoms with Crippen LogP contribution in [0.4, 0.5) is 0 Å². The van der Waals surface area contributed by atoms with Gasteiger partial charge in [0.2, 0.25) is 0 Å². The Morgan fingerprint density at radius 3 is 1.81 bits per heavy atom. The van der Waals surface area contributed by atoms with Crippen LogP contribution in [0, 0.1) is 0 Å². The van der Waals surface area contributed by atoms with Gasteiger partial charge in [-0.3, -0.25) is 0 Å². The Morgan fingerprint density at radius 1 is 0.762 bits per heavy atom. The molecule has 0 bridgehead atoms. The highest BCUT2D eigenvalue weighted by atomic mass is 16.5. The van der Waals surface area contributed by atoms with Gasteiger partial charge >= 0.3 is 0 Å². The van der Waals surface area contributed by atoms with Crippen molar-refractivity contribution in [2.45, 2.75) is 104 Å². The van der Waals surface area contributed by atoms with Gasteiger partial charge in [-0.1, -0.05) is 71.6 Å². The second-order valence-electron chi connectivity index (χ2n) is 6.14. The quantitative estimate of drug-likeness (QED) is 0.321. The van der Waals surface area contributed by atoms with Crippen molar-refractivity contribution in [3.05, 3.63) is 0 Å². The Bertz CT molecular complexity index is 200. The van der Waals surface area contributed by atoms with Crippen molar-refractivity contribution in [3.8, 4) is 0 Å². The molecule has 2 atom stereocenters. The van der Waals surface area contributed by atoms with Crippen molar-refractivity contribution in [3.63, 3.8) is 0 Å². The van der Waals surface area contributed by atoms with E-state index in [4.69, 9.17) is 15.2 Å². The van der Waals surface area contributed by atoms with Crippen molar-refractivity contribution in [1.29, 1.82) is 0 Å². The van der Waals surface area contributed by atoms with E-state index in [0.29, 0.717) is 6.61 Å². The van der Waals surface area contributed by atoms with Crippen LogP contribution in [0.3, 0.4) is 0 Å². The van der Waals surface area contributed by atoms with Crippen LogP contribution in [0.2, 0.25) is 0 Å². The number of hydrogen-bond donors (Lipinski definition) is 1. The van der Waals surface area contributed by atoms with Gasteiger partial charge in [0.1, 0.15) is 6.23 Å². The van der Waals surface area contributed by atoms with Crippen LogP contribution >= 0.6 is 0 Å². The molecule has 0 aliphatic heterocycles. The van der Waals surface area contributed by atoms with Crippen molar-refractivity contribution in [2.75, 3.05) is 13.2 Å². The molecule has 3 nitrogen and oxygen atoms in total. The molecule has 0 aliphatic rings. The molecule has 128 valence electrons. The number of unbranched alkanes of at least 4 members (excludes halogenated alkanes) is 9. The third-order valence-electron chi connectivity index (χ3n) is 3.85. The van der Waals surface area contributed by atoms with Gasteiger partial charge in [-0.25, -0.2) is 0 Å². The summed E-state index contributed by atoms with van der Waals surface area (Å²) >= 11 is 0. The molecule has 0 spiro atoms. The first-order chi connectivity index (χ1) is 10.2. The first-order valence-electron chi connectivity index (χ1n) is 9.19. The van der Waals surface area contributed by atoms with E-state index in [0.717, 1.165) is 13.0 Å². The lowest BCUT2D eigenvalue weighted by Crippen LogP contribution is -2.27. The van der Waals surface area contributed by atoms with Gasteiger partial charge in [-0.2, -0.15) is 0 Å². The first-order valence-corrected chi connectivity index (χ1v) is 9.19. The monoisotopic (exact) mass is 301 g/mol. The fourth-order valence-electron chi connectivity index (χ4n) is 2.30. The molecule has 2 N–H and O–H groups in total. The number of nitrogens with two attached hydrogens (primary N) is 1. The Balaban J connectivity index is 3.14. The van der Waals surface area contributed by atoms with E-state index in [2.05, 4.69) is 13.8 Å². The smallest absolute Gasteiger partial charge is 0.105 e. The van der Waals surface area contributed by atoms with Crippen LogP contribution in [0.1, 0.15) is 91.4 Å². The lowest BCUT2D eigenvalue weighted by atomic mass is 10.1. The molecular weight excluding hydrogens is 262 g/mol. The van der Waals surface area contributed by atoms with Gasteiger partial charge in [0.25, 0.3) is 0 Å². The van der Waals surface area contributed by atoms with Gasteiger partial charge in [0.15, 0.2) is 0 Å². The molecular formula is C18H39NO2. The fraction of sp³-hybridized carbons (Fsp3) is 1.00. The van der Waals surface area contributed by atoms with E-state index in [1.54, 1.807) is 0 Å². The maximum atomic E-state index is 5.73. The topological polar surface area (TPSA) is 44.5 Å². The van der Waals surface area contributed by atoms with Crippen LogP contribution in [0.15, 0.2) is 0 Å². The predicted octanol–water partition coefficient (Wildman–Crippen LogP) is 5.02. The second-order valence-corrected chi connectivity index (χ2v) is 6.14. The summed E-state index contributed by atoms with van der Waals surface area (Å²) in [4.78, 5) is 0. The van der Waals surface area contributed by atoms with Gasteiger partial charge < -0.3 is 15.2 Å². The minimum atomic E-state index is -0.145. The van der Waals surface area contributed by atoms with E-state index >= 15 is 0 Å². The zero-order chi connectivity index (χ0) is 15.8. The molecule has 0 aliphatic carbocycles. The first kappa shape index (κ1) is 20.9. The minimum Gasteiger partial charge on any atom is -0.376 e. The molecule has 0 rings (SSSR count). The zero-order valence-electron chi connectivity index (χ0n) is 14.7. The molecule has 0 fully saturated rings. The summed E-state index contributed by atoms with van der Waals surface area (Å²) in [5, 5.41) is 0. The van der Waals surface area contributed by atoms with Crippen LogP contribution in [0.25, 0.3) is 0 Å². The third-order valence-corrected chi connectivity index (χ3v) is 3.85. The maximum Gasteiger partial charge on any atom is 0.105 e. The van der Waals surface area contributed by atoms with Crippen LogP contribution in [-0.4, -0.2) is 25.5 Å². The molecule has 2 unspecified atom stereocenters. The molecule has 0 aromatic rings. The minimum absolute atomic E-state index is 0.145. The Kier molecular flexibility index (Phi) is 16.2. The highest BCUT2D eigenvalue weighted by molar-refractivity contribution is 4.52. The molecule has 0 saturated heterocycles. The Morgan fingerprint density at radius 2 is 1.29 bits per heavy atom. The normalized spacial score (nSPS) is 14.3. The fourth-order valence-corrected chi connectivity index (χ4v) is 2.30. The third kappa shape index (κ3) is 16.1. The zero-order valence-corrected chi connectivity index (χ0v) is 14.7. The number of ether oxygens (including phenoxy) is 2. The molecule has 0 heterocycles. The van der Waals surface area contributed by atoms with E-state index in [1.165, 1.54) is 64.2 Å².